The Morgan fingerprint density at radius 3 is 2.40 bits per heavy atom. The predicted molar refractivity (Wildman–Crippen MR) is 51.1 cm³/mol. The molecular weight excluding hydrogens is 197 g/mol. The maximum absolute atomic E-state index is 12.8. The van der Waals surface area contributed by atoms with Crippen LogP contribution in [0, 0.1) is 5.82 Å². The Morgan fingerprint density at radius 2 is 1.80 bits per heavy atom. The molecule has 0 aliphatic carbocycles. The van der Waals surface area contributed by atoms with Gasteiger partial charge in [0, 0.05) is 12.2 Å². The van der Waals surface area contributed by atoms with E-state index in [2.05, 4.69) is 0 Å². The van der Waals surface area contributed by atoms with Crippen LogP contribution in [0.25, 0.3) is 0 Å². The third-order valence-corrected chi connectivity index (χ3v) is 2.13. The number of benzene rings is 1. The molecule has 15 heavy (non-hydrogen) atoms. The number of imide groups is 1. The number of halogens is 1. The van der Waals surface area contributed by atoms with E-state index in [0.29, 0.717) is 5.56 Å². The van der Waals surface area contributed by atoms with Gasteiger partial charge >= 0.3 is 0 Å². The Kier molecular flexibility index (Phi) is 2.33. The summed E-state index contributed by atoms with van der Waals surface area (Å²) >= 11 is 0. The maximum atomic E-state index is 12.8. The highest BCUT2D eigenvalue weighted by Crippen LogP contribution is 2.11. The quantitative estimate of drug-likeness (QED) is 0.681. The minimum Gasteiger partial charge on any atom is -0.271 e. The van der Waals surface area contributed by atoms with Crippen LogP contribution in [0.15, 0.2) is 36.4 Å². The molecule has 1 aliphatic heterocycles. The molecule has 0 saturated heterocycles. The summed E-state index contributed by atoms with van der Waals surface area (Å²) in [5.74, 6) is -1.09. The van der Waals surface area contributed by atoms with Gasteiger partial charge in [-0.1, -0.05) is 12.1 Å². The monoisotopic (exact) mass is 205 g/mol. The number of carbonyl (C=O) groups is 2. The standard InChI is InChI=1S/C11H8FNO2/c12-9-3-1-2-8(6-9)7-13-10(14)4-5-11(13)15/h1-6H,7H2. The fourth-order valence-electron chi connectivity index (χ4n) is 1.40. The van der Waals surface area contributed by atoms with E-state index in [4.69, 9.17) is 0 Å². The molecule has 0 fully saturated rings. The fourth-order valence-corrected chi connectivity index (χ4v) is 1.40. The van der Waals surface area contributed by atoms with Crippen LogP contribution >= 0.6 is 0 Å². The van der Waals surface area contributed by atoms with Crippen molar-refractivity contribution in [2.24, 2.45) is 0 Å². The number of rotatable bonds is 2. The lowest BCUT2D eigenvalue weighted by molar-refractivity contribution is -0.137. The molecule has 1 aromatic rings. The number of carbonyl (C=O) groups excluding carboxylic acids is 2. The lowest BCUT2D eigenvalue weighted by Crippen LogP contribution is -2.29. The summed E-state index contributed by atoms with van der Waals surface area (Å²) in [5, 5.41) is 0. The highest BCUT2D eigenvalue weighted by molar-refractivity contribution is 6.12. The Bertz CT molecular complexity index is 436. The van der Waals surface area contributed by atoms with Crippen LogP contribution in [0.1, 0.15) is 5.56 Å². The van der Waals surface area contributed by atoms with Crippen molar-refractivity contribution in [1.82, 2.24) is 4.90 Å². The van der Waals surface area contributed by atoms with E-state index >= 15 is 0 Å². The first-order valence-corrected chi connectivity index (χ1v) is 4.45. The van der Waals surface area contributed by atoms with Crippen molar-refractivity contribution in [3.63, 3.8) is 0 Å². The zero-order valence-electron chi connectivity index (χ0n) is 7.81. The van der Waals surface area contributed by atoms with E-state index in [1.54, 1.807) is 12.1 Å². The molecule has 1 heterocycles. The molecule has 0 spiro atoms. The van der Waals surface area contributed by atoms with Gasteiger partial charge in [0.25, 0.3) is 11.8 Å². The topological polar surface area (TPSA) is 37.4 Å². The molecule has 0 aromatic heterocycles. The van der Waals surface area contributed by atoms with Gasteiger partial charge in [-0.15, -0.1) is 0 Å². The van der Waals surface area contributed by atoms with Crippen LogP contribution in [0.4, 0.5) is 4.39 Å². The molecule has 2 amide bonds. The Labute approximate surface area is 85.8 Å². The summed E-state index contributed by atoms with van der Waals surface area (Å²) in [6, 6.07) is 5.83. The average molecular weight is 205 g/mol. The molecule has 1 aliphatic rings. The average Bonchev–Trinajstić information content (AvgIpc) is 2.50. The second-order valence-electron chi connectivity index (χ2n) is 3.23. The predicted octanol–water partition coefficient (Wildman–Crippen LogP) is 1.25. The molecule has 2 rings (SSSR count). The molecule has 0 saturated carbocycles. The van der Waals surface area contributed by atoms with Gasteiger partial charge < -0.3 is 0 Å². The van der Waals surface area contributed by atoms with Gasteiger partial charge in [-0.3, -0.25) is 14.5 Å². The maximum Gasteiger partial charge on any atom is 0.253 e. The van der Waals surface area contributed by atoms with E-state index in [1.165, 1.54) is 24.3 Å². The van der Waals surface area contributed by atoms with Crippen molar-refractivity contribution in [2.45, 2.75) is 6.54 Å². The van der Waals surface area contributed by atoms with Crippen molar-refractivity contribution < 1.29 is 14.0 Å². The van der Waals surface area contributed by atoms with E-state index in [1.807, 2.05) is 0 Å². The van der Waals surface area contributed by atoms with E-state index < -0.39 is 0 Å². The van der Waals surface area contributed by atoms with Crippen LogP contribution in [0.3, 0.4) is 0 Å². The largest absolute Gasteiger partial charge is 0.271 e. The highest BCUT2D eigenvalue weighted by Gasteiger charge is 2.23. The van der Waals surface area contributed by atoms with Gasteiger partial charge in [0.15, 0.2) is 0 Å². The van der Waals surface area contributed by atoms with Gasteiger partial charge in [-0.05, 0) is 17.7 Å². The van der Waals surface area contributed by atoms with Crippen molar-refractivity contribution in [2.75, 3.05) is 0 Å². The number of hydrogen-bond donors (Lipinski definition) is 0. The lowest BCUT2D eigenvalue weighted by atomic mass is 10.2. The third kappa shape index (κ3) is 1.93. The van der Waals surface area contributed by atoms with Gasteiger partial charge in [0.2, 0.25) is 0 Å². The first kappa shape index (κ1) is 9.58. The summed E-state index contributed by atoms with van der Waals surface area (Å²) in [6.45, 7) is 0.114. The van der Waals surface area contributed by atoms with E-state index in [0.717, 1.165) is 4.90 Å². The molecule has 0 radical (unpaired) electrons. The smallest absolute Gasteiger partial charge is 0.253 e. The zero-order valence-corrected chi connectivity index (χ0v) is 7.81. The SMILES string of the molecule is O=C1C=CC(=O)N1Cc1cccc(F)c1. The molecule has 0 bridgehead atoms. The van der Waals surface area contributed by atoms with Crippen molar-refractivity contribution in [3.05, 3.63) is 47.8 Å². The number of hydrogen-bond acceptors (Lipinski definition) is 2. The van der Waals surface area contributed by atoms with Crippen LogP contribution < -0.4 is 0 Å². The molecule has 76 valence electrons. The first-order valence-electron chi connectivity index (χ1n) is 4.45. The van der Waals surface area contributed by atoms with Gasteiger partial charge in [0.05, 0.1) is 6.54 Å². The molecular formula is C11H8FNO2. The van der Waals surface area contributed by atoms with Crippen LogP contribution in [-0.4, -0.2) is 16.7 Å². The molecule has 0 N–H and O–H groups in total. The normalized spacial score (nSPS) is 15.1. The van der Waals surface area contributed by atoms with Crippen LogP contribution in [0.5, 0.6) is 0 Å². The third-order valence-electron chi connectivity index (χ3n) is 2.13. The summed E-state index contributed by atoms with van der Waals surface area (Å²) in [4.78, 5) is 23.5. The Balaban J connectivity index is 2.16. The second kappa shape index (κ2) is 3.65. The molecule has 3 nitrogen and oxygen atoms in total. The first-order chi connectivity index (χ1) is 7.16. The van der Waals surface area contributed by atoms with Crippen molar-refractivity contribution >= 4 is 11.8 Å². The van der Waals surface area contributed by atoms with Crippen molar-refractivity contribution in [1.29, 1.82) is 0 Å². The van der Waals surface area contributed by atoms with Gasteiger partial charge in [-0.2, -0.15) is 0 Å². The minimum absolute atomic E-state index is 0.114. The van der Waals surface area contributed by atoms with Crippen molar-refractivity contribution in [3.8, 4) is 0 Å². The highest BCUT2D eigenvalue weighted by atomic mass is 19.1. The zero-order chi connectivity index (χ0) is 10.8. The Hall–Kier alpha value is -1.97. The van der Waals surface area contributed by atoms with Crippen LogP contribution in [-0.2, 0) is 16.1 Å². The Morgan fingerprint density at radius 1 is 1.13 bits per heavy atom. The number of amides is 2. The summed E-state index contributed by atoms with van der Waals surface area (Å²) in [6.07, 6.45) is 2.42. The molecule has 4 heteroatoms. The minimum atomic E-state index is -0.375. The molecule has 0 atom stereocenters. The molecule has 0 unspecified atom stereocenters. The molecule has 1 aromatic carbocycles. The van der Waals surface area contributed by atoms with Gasteiger partial charge in [0.1, 0.15) is 5.82 Å². The van der Waals surface area contributed by atoms with Gasteiger partial charge in [-0.25, -0.2) is 4.39 Å². The fraction of sp³-hybridized carbons (Fsp3) is 0.0909. The second-order valence-corrected chi connectivity index (χ2v) is 3.23. The summed E-state index contributed by atoms with van der Waals surface area (Å²) in [5.41, 5.74) is 0.598. The number of nitrogens with zero attached hydrogens (tertiary/aromatic N) is 1. The summed E-state index contributed by atoms with van der Waals surface area (Å²) in [7, 11) is 0. The lowest BCUT2D eigenvalue weighted by Gasteiger charge is -2.13. The van der Waals surface area contributed by atoms with Crippen LogP contribution in [0.2, 0.25) is 0 Å². The van der Waals surface area contributed by atoms with E-state index in [9.17, 15) is 14.0 Å². The van der Waals surface area contributed by atoms with E-state index in [-0.39, 0.29) is 24.2 Å². The summed E-state index contributed by atoms with van der Waals surface area (Å²) < 4.78 is 12.8.